The van der Waals surface area contributed by atoms with E-state index in [1.165, 1.54) is 64.3 Å². The van der Waals surface area contributed by atoms with Crippen molar-refractivity contribution in [1.29, 1.82) is 0 Å². The second-order valence-electron chi connectivity index (χ2n) is 13.0. The number of para-hydroxylation sites is 2. The molecule has 0 aliphatic carbocycles. The third-order valence-corrected chi connectivity index (χ3v) is 12.1. The van der Waals surface area contributed by atoms with Crippen molar-refractivity contribution < 1.29 is 57.1 Å². The van der Waals surface area contributed by atoms with Gasteiger partial charge >= 0.3 is 0 Å². The van der Waals surface area contributed by atoms with E-state index < -0.39 is 0 Å². The minimum atomic E-state index is -0.112. The Balaban J connectivity index is 0.00000208. The number of aromatic nitrogens is 2. The molecule has 3 aromatic carbocycles. The highest BCUT2D eigenvalue weighted by atomic mass is 127. The quantitative estimate of drug-likeness (QED) is 0.204. The maximum absolute atomic E-state index is 2.44. The van der Waals surface area contributed by atoms with Crippen molar-refractivity contribution in [3.8, 4) is 0 Å². The first-order chi connectivity index (χ1) is 21.0. The first-order valence-electron chi connectivity index (χ1n) is 15.2. The lowest BCUT2D eigenvalue weighted by atomic mass is 9.80. The predicted octanol–water partition coefficient (Wildman–Crippen LogP) is 2.42. The van der Waals surface area contributed by atoms with Crippen LogP contribution in [0.4, 0.5) is 11.4 Å². The fourth-order valence-corrected chi connectivity index (χ4v) is 9.25. The molecule has 4 heterocycles. The van der Waals surface area contributed by atoms with Gasteiger partial charge in [0.15, 0.2) is 0 Å². The summed E-state index contributed by atoms with van der Waals surface area (Å²) >= 11 is 3.66. The second kappa shape index (κ2) is 12.8. The number of fused-ring (bicyclic) bond motifs is 4. The zero-order valence-corrected chi connectivity index (χ0v) is 33.5. The van der Waals surface area contributed by atoms with Crippen LogP contribution in [-0.4, -0.2) is 14.1 Å². The molecule has 0 saturated heterocycles. The van der Waals surface area contributed by atoms with Crippen molar-refractivity contribution in [2.45, 2.75) is 38.5 Å². The van der Waals surface area contributed by atoms with Crippen molar-refractivity contribution in [2.75, 3.05) is 23.9 Å². The minimum Gasteiger partial charge on any atom is -1.00 e. The van der Waals surface area contributed by atoms with Crippen molar-refractivity contribution >= 4 is 66.6 Å². The van der Waals surface area contributed by atoms with Crippen LogP contribution in [0, 0.1) is 0 Å². The van der Waals surface area contributed by atoms with Crippen LogP contribution in [0.15, 0.2) is 96.4 Å². The van der Waals surface area contributed by atoms with Crippen molar-refractivity contribution in [3.63, 3.8) is 0 Å². The molecular weight excluding hydrogens is 830 g/mol. The molecule has 0 unspecified atom stereocenters. The lowest BCUT2D eigenvalue weighted by Crippen LogP contribution is -3.00. The summed E-state index contributed by atoms with van der Waals surface area (Å²) in [4.78, 5) is 4.79. The second-order valence-corrected chi connectivity index (χ2v) is 15.1. The molecule has 0 atom stereocenters. The van der Waals surface area contributed by atoms with E-state index in [1.54, 1.807) is 0 Å². The van der Waals surface area contributed by atoms with Crippen LogP contribution in [0.25, 0.3) is 32.6 Å². The standard InChI is InChI=1S/C38H40N4S2.2HI/c1-37(2)25-23-30-26(24-29(25)39(5)33(37)19-13-21-35-41(7)27-15-9-11-17-31(27)43-35)38(3,4)34(40(30)6)20-14-22-36-42(8)28-16-10-12-18-32(28)44-36;;/h9-24H,1-8H3;2*1H/q+2;;/p-2. The Morgan fingerprint density at radius 2 is 0.978 bits per heavy atom. The Labute approximate surface area is 315 Å². The number of allylic oxidation sites excluding steroid dienone is 6. The Hall–Kier alpha value is -2.54. The number of nitrogens with zero attached hydrogens (tertiary/aromatic N) is 4. The number of hydrogen-bond acceptors (Lipinski definition) is 4. The number of halogens is 2. The molecule has 2 aliphatic heterocycles. The third kappa shape index (κ3) is 5.46. The molecule has 0 spiro atoms. The van der Waals surface area contributed by atoms with E-state index >= 15 is 0 Å². The molecule has 46 heavy (non-hydrogen) atoms. The number of thiazole rings is 2. The number of anilines is 2. The van der Waals surface area contributed by atoms with Crippen LogP contribution in [0.5, 0.6) is 0 Å². The average Bonchev–Trinajstić information content (AvgIpc) is 3.62. The van der Waals surface area contributed by atoms with E-state index in [0.29, 0.717) is 0 Å². The van der Waals surface area contributed by atoms with Gasteiger partial charge in [0.25, 0.3) is 10.0 Å². The lowest BCUT2D eigenvalue weighted by Gasteiger charge is -2.25. The first-order valence-corrected chi connectivity index (χ1v) is 16.8. The predicted molar refractivity (Wildman–Crippen MR) is 190 cm³/mol. The zero-order chi connectivity index (χ0) is 31.0. The Kier molecular flexibility index (Phi) is 9.69. The normalized spacial score (nSPS) is 18.3. The van der Waals surface area contributed by atoms with Gasteiger partial charge < -0.3 is 57.8 Å². The maximum atomic E-state index is 2.44. The molecule has 0 fully saturated rings. The Morgan fingerprint density at radius 1 is 0.609 bits per heavy atom. The number of likely N-dealkylation sites (N-methyl/N-ethyl adjacent to an activating group) is 2. The monoisotopic (exact) mass is 870 g/mol. The average molecular weight is 871 g/mol. The van der Waals surface area contributed by atoms with Crippen LogP contribution < -0.4 is 66.9 Å². The fourth-order valence-electron chi connectivity index (χ4n) is 7.12. The molecule has 0 N–H and O–H groups in total. The molecule has 0 saturated carbocycles. The topological polar surface area (TPSA) is 14.2 Å². The van der Waals surface area contributed by atoms with Gasteiger partial charge in [0.2, 0.25) is 11.0 Å². The molecule has 4 nitrogen and oxygen atoms in total. The highest BCUT2D eigenvalue weighted by Crippen LogP contribution is 2.55. The van der Waals surface area contributed by atoms with Crippen LogP contribution in [-0.2, 0) is 24.9 Å². The summed E-state index contributed by atoms with van der Waals surface area (Å²) in [5.74, 6) is 0. The molecule has 8 heteroatoms. The summed E-state index contributed by atoms with van der Waals surface area (Å²) in [7, 11) is 8.73. The summed E-state index contributed by atoms with van der Waals surface area (Å²) in [5, 5.41) is 2.49. The van der Waals surface area contributed by atoms with Gasteiger partial charge in [-0.3, -0.25) is 0 Å². The van der Waals surface area contributed by atoms with Gasteiger partial charge in [-0.15, -0.1) is 0 Å². The molecule has 0 radical (unpaired) electrons. The van der Waals surface area contributed by atoms with E-state index in [-0.39, 0.29) is 58.8 Å². The van der Waals surface area contributed by atoms with Crippen LogP contribution in [0.1, 0.15) is 48.8 Å². The van der Waals surface area contributed by atoms with Crippen molar-refractivity contribution in [3.05, 3.63) is 118 Å². The molecule has 0 amide bonds. The van der Waals surface area contributed by atoms with Gasteiger partial charge in [-0.1, -0.05) is 86.8 Å². The van der Waals surface area contributed by atoms with Gasteiger partial charge in [-0.25, -0.2) is 0 Å². The highest BCUT2D eigenvalue weighted by Gasteiger charge is 2.44. The van der Waals surface area contributed by atoms with E-state index in [0.717, 1.165) is 0 Å². The van der Waals surface area contributed by atoms with E-state index in [9.17, 15) is 0 Å². The molecule has 238 valence electrons. The maximum Gasteiger partial charge on any atom is 0.262 e. The SMILES string of the molecule is CN1C(=CC=Cc2sc3ccccc3[n+]2C)C(C)(C)c2cc3c(cc21)C(C)(C)C(=CC=Cc1sc2ccccc2[n+]1C)N3C.[I-].[I-]. The highest BCUT2D eigenvalue weighted by molar-refractivity contribution is 7.19. The Bertz CT molecular complexity index is 1940. The molecule has 5 aromatic rings. The number of rotatable bonds is 4. The van der Waals surface area contributed by atoms with E-state index in [2.05, 4.69) is 172 Å². The van der Waals surface area contributed by atoms with E-state index in [4.69, 9.17) is 0 Å². The summed E-state index contributed by atoms with van der Waals surface area (Å²) in [6, 6.07) is 22.1. The summed E-state index contributed by atoms with van der Waals surface area (Å²) < 4.78 is 7.18. The minimum absolute atomic E-state index is 0. The molecule has 2 aliphatic rings. The smallest absolute Gasteiger partial charge is 0.262 e. The molecule has 2 aromatic heterocycles. The largest absolute Gasteiger partial charge is 1.00 e. The number of hydrogen-bond donors (Lipinski definition) is 0. The van der Waals surface area contributed by atoms with Gasteiger partial charge in [0, 0.05) is 72.0 Å². The molecular formula is C38H40I2N4S2. The third-order valence-electron chi connectivity index (χ3n) is 9.72. The fraction of sp³-hybridized carbons (Fsp3) is 0.263. The van der Waals surface area contributed by atoms with Gasteiger partial charge in [0.1, 0.15) is 23.5 Å². The van der Waals surface area contributed by atoms with Gasteiger partial charge in [0.05, 0.1) is 0 Å². The van der Waals surface area contributed by atoms with Crippen molar-refractivity contribution in [2.24, 2.45) is 14.1 Å². The molecule has 7 rings (SSSR count). The summed E-state index contributed by atoms with van der Waals surface area (Å²) in [6.07, 6.45) is 13.5. The first kappa shape index (κ1) is 34.8. The van der Waals surface area contributed by atoms with Crippen LogP contribution >= 0.6 is 22.7 Å². The zero-order valence-electron chi connectivity index (χ0n) is 27.6. The summed E-state index contributed by atoms with van der Waals surface area (Å²) in [5.41, 5.74) is 10.3. The number of aryl methyl sites for hydroxylation is 2. The molecule has 0 bridgehead atoms. The summed E-state index contributed by atoms with van der Waals surface area (Å²) in [6.45, 7) is 9.41. The van der Waals surface area contributed by atoms with E-state index in [1.807, 2.05) is 22.7 Å². The van der Waals surface area contributed by atoms with Gasteiger partial charge in [-0.2, -0.15) is 9.13 Å². The van der Waals surface area contributed by atoms with Crippen molar-refractivity contribution in [1.82, 2.24) is 0 Å². The van der Waals surface area contributed by atoms with Crippen LogP contribution in [0.3, 0.4) is 0 Å². The van der Waals surface area contributed by atoms with Gasteiger partial charge in [-0.05, 0) is 47.5 Å². The lowest BCUT2D eigenvalue weighted by molar-refractivity contribution is -0.642. The van der Waals surface area contributed by atoms with Crippen LogP contribution in [0.2, 0.25) is 0 Å². The number of benzene rings is 3. The Morgan fingerprint density at radius 3 is 1.35 bits per heavy atom.